The molecule has 2 aromatic rings. The minimum absolute atomic E-state index is 0.231. The van der Waals surface area contributed by atoms with Crippen molar-refractivity contribution < 1.29 is 14.7 Å². The van der Waals surface area contributed by atoms with Gasteiger partial charge < -0.3 is 10.4 Å². The maximum Gasteiger partial charge on any atom is 0.308 e. The maximum absolute atomic E-state index is 12.4. The number of nitrogens with zero attached hydrogens (tertiary/aromatic N) is 2. The molecule has 0 aliphatic heterocycles. The van der Waals surface area contributed by atoms with Crippen molar-refractivity contribution in [2.45, 2.75) is 44.7 Å². The highest BCUT2D eigenvalue weighted by Gasteiger charge is 2.42. The Morgan fingerprint density at radius 3 is 2.88 bits per heavy atom. The number of amides is 1. The van der Waals surface area contributed by atoms with Crippen LogP contribution in [0.25, 0.3) is 10.8 Å². The molecule has 3 rings (SSSR count). The molecule has 2 atom stereocenters. The van der Waals surface area contributed by atoms with Crippen molar-refractivity contribution in [2.75, 3.05) is 0 Å². The van der Waals surface area contributed by atoms with Crippen LogP contribution in [-0.2, 0) is 16.1 Å². The van der Waals surface area contributed by atoms with Gasteiger partial charge in [-0.15, -0.1) is 0 Å². The summed E-state index contributed by atoms with van der Waals surface area (Å²) in [5, 5.41) is 17.5. The number of aliphatic carboxylic acids is 1. The number of hydrogen-bond acceptors (Lipinski definition) is 4. The second-order valence-corrected chi connectivity index (χ2v) is 6.80. The first-order valence-corrected chi connectivity index (χ1v) is 8.39. The minimum atomic E-state index is -0.900. The summed E-state index contributed by atoms with van der Waals surface area (Å²) in [6.45, 7) is 1.53. The van der Waals surface area contributed by atoms with Gasteiger partial charge in [-0.05, 0) is 25.8 Å². The molecular formula is C18H21N3O4. The van der Waals surface area contributed by atoms with Gasteiger partial charge in [0.25, 0.3) is 5.56 Å². The molecule has 1 saturated carbocycles. The standard InChI is InChI=1S/C18H21N3O4/c1-18(9-5-4-8-14(18)17(24)25)20-15(22)11-21-16(23)13-7-3-2-6-12(13)10-19-21/h2-3,6-7,10,14H,4-5,8-9,11H2,1H3,(H,20,22)(H,24,25)/t14-,18+/m1/s1. The lowest BCUT2D eigenvalue weighted by molar-refractivity contribution is -0.146. The van der Waals surface area contributed by atoms with Crippen LogP contribution < -0.4 is 10.9 Å². The average molecular weight is 343 g/mol. The molecule has 0 bridgehead atoms. The average Bonchev–Trinajstić information content (AvgIpc) is 2.57. The Morgan fingerprint density at radius 1 is 1.36 bits per heavy atom. The lowest BCUT2D eigenvalue weighted by atomic mass is 9.74. The fourth-order valence-corrected chi connectivity index (χ4v) is 3.61. The van der Waals surface area contributed by atoms with E-state index in [1.807, 2.05) is 6.07 Å². The SMILES string of the molecule is C[C@]1(NC(=O)Cn2ncc3ccccc3c2=O)CCCC[C@@H]1C(=O)O. The summed E-state index contributed by atoms with van der Waals surface area (Å²) >= 11 is 0. The van der Waals surface area contributed by atoms with E-state index in [0.29, 0.717) is 23.6 Å². The Labute approximate surface area is 144 Å². The molecule has 7 heteroatoms. The smallest absolute Gasteiger partial charge is 0.308 e. The van der Waals surface area contributed by atoms with Gasteiger partial charge in [0.05, 0.1) is 23.0 Å². The molecule has 0 spiro atoms. The van der Waals surface area contributed by atoms with Crippen molar-refractivity contribution in [3.63, 3.8) is 0 Å². The van der Waals surface area contributed by atoms with Gasteiger partial charge in [0.1, 0.15) is 6.54 Å². The van der Waals surface area contributed by atoms with Gasteiger partial charge in [0.2, 0.25) is 5.91 Å². The van der Waals surface area contributed by atoms with E-state index in [1.165, 1.54) is 0 Å². The number of carbonyl (C=O) groups is 2. The number of fused-ring (bicyclic) bond motifs is 1. The number of rotatable bonds is 4. The molecular weight excluding hydrogens is 322 g/mol. The normalized spacial score (nSPS) is 23.3. The molecule has 7 nitrogen and oxygen atoms in total. The summed E-state index contributed by atoms with van der Waals surface area (Å²) in [6.07, 6.45) is 4.41. The number of carboxylic acid groups (broad SMARTS) is 1. The van der Waals surface area contributed by atoms with Gasteiger partial charge in [-0.3, -0.25) is 14.4 Å². The van der Waals surface area contributed by atoms with Gasteiger partial charge in [0.15, 0.2) is 0 Å². The Morgan fingerprint density at radius 2 is 2.12 bits per heavy atom. The summed E-state index contributed by atoms with van der Waals surface area (Å²) in [7, 11) is 0. The van der Waals surface area contributed by atoms with Gasteiger partial charge in [-0.1, -0.05) is 31.0 Å². The largest absolute Gasteiger partial charge is 0.481 e. The van der Waals surface area contributed by atoms with Crippen LogP contribution in [0.1, 0.15) is 32.6 Å². The molecule has 1 aromatic heterocycles. The fourth-order valence-electron chi connectivity index (χ4n) is 3.61. The first kappa shape index (κ1) is 17.1. The maximum atomic E-state index is 12.4. The molecule has 0 radical (unpaired) electrons. The molecule has 1 amide bonds. The van der Waals surface area contributed by atoms with Crippen molar-refractivity contribution in [2.24, 2.45) is 5.92 Å². The van der Waals surface area contributed by atoms with E-state index >= 15 is 0 Å². The van der Waals surface area contributed by atoms with E-state index in [1.54, 1.807) is 31.3 Å². The number of benzene rings is 1. The summed E-state index contributed by atoms with van der Waals surface area (Å²) in [5.74, 6) is -1.92. The summed E-state index contributed by atoms with van der Waals surface area (Å²) in [6, 6.07) is 7.05. The van der Waals surface area contributed by atoms with Gasteiger partial charge >= 0.3 is 5.97 Å². The van der Waals surface area contributed by atoms with Crippen LogP contribution in [0.2, 0.25) is 0 Å². The van der Waals surface area contributed by atoms with Crippen LogP contribution in [-0.4, -0.2) is 32.3 Å². The molecule has 1 aliphatic rings. The van der Waals surface area contributed by atoms with E-state index in [9.17, 15) is 19.5 Å². The third kappa shape index (κ3) is 3.40. The highest BCUT2D eigenvalue weighted by Crippen LogP contribution is 2.33. The third-order valence-electron chi connectivity index (χ3n) is 4.99. The minimum Gasteiger partial charge on any atom is -0.481 e. The number of hydrogen-bond donors (Lipinski definition) is 2. The van der Waals surface area contributed by atoms with Crippen molar-refractivity contribution in [1.82, 2.24) is 15.1 Å². The van der Waals surface area contributed by atoms with E-state index in [2.05, 4.69) is 10.4 Å². The van der Waals surface area contributed by atoms with Gasteiger partial charge in [-0.25, -0.2) is 4.68 Å². The summed E-state index contributed by atoms with van der Waals surface area (Å²) in [4.78, 5) is 36.4. The van der Waals surface area contributed by atoms with E-state index in [0.717, 1.165) is 17.5 Å². The quantitative estimate of drug-likeness (QED) is 0.877. The molecule has 2 N–H and O–H groups in total. The molecule has 1 fully saturated rings. The van der Waals surface area contributed by atoms with Crippen molar-refractivity contribution in [3.05, 3.63) is 40.8 Å². The number of aromatic nitrogens is 2. The van der Waals surface area contributed by atoms with E-state index in [4.69, 9.17) is 0 Å². The Balaban J connectivity index is 1.79. The summed E-state index contributed by atoms with van der Waals surface area (Å²) in [5.41, 5.74) is -1.14. The van der Waals surface area contributed by atoms with E-state index < -0.39 is 23.3 Å². The van der Waals surface area contributed by atoms with Crippen LogP contribution in [0.15, 0.2) is 35.3 Å². The number of carbonyl (C=O) groups excluding carboxylic acids is 1. The zero-order valence-electron chi connectivity index (χ0n) is 14.1. The first-order valence-electron chi connectivity index (χ1n) is 8.39. The predicted molar refractivity (Wildman–Crippen MR) is 92.1 cm³/mol. The van der Waals surface area contributed by atoms with Crippen LogP contribution in [0.5, 0.6) is 0 Å². The van der Waals surface area contributed by atoms with Crippen molar-refractivity contribution in [3.8, 4) is 0 Å². The Kier molecular flexibility index (Phi) is 4.57. The molecule has 132 valence electrons. The topological polar surface area (TPSA) is 101 Å². The van der Waals surface area contributed by atoms with Crippen molar-refractivity contribution >= 4 is 22.6 Å². The van der Waals surface area contributed by atoms with Crippen LogP contribution in [0, 0.1) is 5.92 Å². The number of carboxylic acids is 1. The van der Waals surface area contributed by atoms with E-state index in [-0.39, 0.29) is 12.1 Å². The third-order valence-corrected chi connectivity index (χ3v) is 4.99. The monoisotopic (exact) mass is 343 g/mol. The Hall–Kier alpha value is -2.70. The molecule has 1 aromatic carbocycles. The fraction of sp³-hybridized carbons (Fsp3) is 0.444. The number of nitrogens with one attached hydrogen (secondary N) is 1. The second kappa shape index (κ2) is 6.66. The highest BCUT2D eigenvalue weighted by atomic mass is 16.4. The molecule has 0 unspecified atom stereocenters. The summed E-state index contributed by atoms with van der Waals surface area (Å²) < 4.78 is 1.11. The predicted octanol–water partition coefficient (Wildman–Crippen LogP) is 1.55. The lowest BCUT2D eigenvalue weighted by Gasteiger charge is -2.39. The Bertz CT molecular complexity index is 876. The molecule has 1 aliphatic carbocycles. The highest BCUT2D eigenvalue weighted by molar-refractivity contribution is 5.82. The zero-order chi connectivity index (χ0) is 18.0. The zero-order valence-corrected chi connectivity index (χ0v) is 14.1. The second-order valence-electron chi connectivity index (χ2n) is 6.80. The lowest BCUT2D eigenvalue weighted by Crippen LogP contribution is -2.56. The molecule has 25 heavy (non-hydrogen) atoms. The molecule has 0 saturated heterocycles. The van der Waals surface area contributed by atoms with Crippen LogP contribution in [0.4, 0.5) is 0 Å². The van der Waals surface area contributed by atoms with Gasteiger partial charge in [-0.2, -0.15) is 5.10 Å². The van der Waals surface area contributed by atoms with Crippen molar-refractivity contribution in [1.29, 1.82) is 0 Å². The van der Waals surface area contributed by atoms with Gasteiger partial charge in [0, 0.05) is 5.39 Å². The molecule has 1 heterocycles. The van der Waals surface area contributed by atoms with Crippen LogP contribution >= 0.6 is 0 Å². The van der Waals surface area contributed by atoms with Crippen LogP contribution in [0.3, 0.4) is 0 Å². The first-order chi connectivity index (χ1) is 11.9.